The van der Waals surface area contributed by atoms with Gasteiger partial charge in [0.15, 0.2) is 11.7 Å². The topological polar surface area (TPSA) is 50.8 Å². The number of aliphatic imine (C=N–C) groups is 1. The Labute approximate surface area is 129 Å². The van der Waals surface area contributed by atoms with Crippen LogP contribution in [0.25, 0.3) is 0 Å². The van der Waals surface area contributed by atoms with E-state index in [1.54, 1.807) is 7.11 Å². The van der Waals surface area contributed by atoms with Crippen molar-refractivity contribution >= 4 is 34.8 Å². The Bertz CT molecular complexity index is 565. The number of methoxy groups -OCH3 is 1. The molecule has 1 aliphatic heterocycles. The summed E-state index contributed by atoms with van der Waals surface area (Å²) in [5.41, 5.74) is 7.46. The lowest BCUT2D eigenvalue weighted by Gasteiger charge is -2.28. The van der Waals surface area contributed by atoms with E-state index in [-0.39, 0.29) is 5.41 Å². The van der Waals surface area contributed by atoms with E-state index in [4.69, 9.17) is 33.7 Å². The summed E-state index contributed by atoms with van der Waals surface area (Å²) in [4.78, 5) is 6.04. The number of guanidine groups is 1. The van der Waals surface area contributed by atoms with Crippen molar-refractivity contribution in [2.24, 2.45) is 10.7 Å². The van der Waals surface area contributed by atoms with Gasteiger partial charge in [-0.2, -0.15) is 0 Å². The Kier molecular flexibility index (Phi) is 4.07. The number of nitrogens with two attached hydrogens (primary N) is 1. The van der Waals surface area contributed by atoms with Crippen molar-refractivity contribution in [2.45, 2.75) is 26.2 Å². The Morgan fingerprint density at radius 1 is 1.35 bits per heavy atom. The predicted molar refractivity (Wildman–Crippen MR) is 85.5 cm³/mol. The standard InChI is InChI=1S/C14H19Cl2N3O/c1-14(2,3)8-7-9(15)12(20-4)11(10(8)16)19-6-5-18-13(19)17/h7H,5-6H2,1-4H3,(H2,17,18). The van der Waals surface area contributed by atoms with Gasteiger partial charge in [0.2, 0.25) is 0 Å². The zero-order valence-corrected chi connectivity index (χ0v) is 13.6. The van der Waals surface area contributed by atoms with Crippen LogP contribution in [0.3, 0.4) is 0 Å². The Hall–Kier alpha value is -1.13. The highest BCUT2D eigenvalue weighted by Crippen LogP contribution is 2.46. The molecule has 20 heavy (non-hydrogen) atoms. The van der Waals surface area contributed by atoms with Gasteiger partial charge in [-0.3, -0.25) is 4.99 Å². The van der Waals surface area contributed by atoms with Crippen molar-refractivity contribution in [1.29, 1.82) is 0 Å². The smallest absolute Gasteiger partial charge is 0.196 e. The molecule has 1 aliphatic rings. The molecule has 1 aromatic rings. The lowest BCUT2D eigenvalue weighted by molar-refractivity contribution is 0.415. The number of benzene rings is 1. The third-order valence-electron chi connectivity index (χ3n) is 3.30. The van der Waals surface area contributed by atoms with Gasteiger partial charge in [-0.15, -0.1) is 0 Å². The maximum Gasteiger partial charge on any atom is 0.196 e. The Balaban J connectivity index is 2.70. The van der Waals surface area contributed by atoms with Crippen LogP contribution in [0.1, 0.15) is 26.3 Å². The van der Waals surface area contributed by atoms with E-state index in [1.165, 1.54) is 0 Å². The molecule has 0 aliphatic carbocycles. The highest BCUT2D eigenvalue weighted by Gasteiger charge is 2.29. The molecule has 1 aromatic carbocycles. The van der Waals surface area contributed by atoms with Gasteiger partial charge in [-0.25, -0.2) is 0 Å². The second-order valence-corrected chi connectivity index (χ2v) is 6.53. The van der Waals surface area contributed by atoms with E-state index >= 15 is 0 Å². The lowest BCUT2D eigenvalue weighted by Crippen LogP contribution is -2.34. The molecule has 0 spiro atoms. The van der Waals surface area contributed by atoms with Crippen LogP contribution in [0.4, 0.5) is 5.69 Å². The molecule has 0 bridgehead atoms. The van der Waals surface area contributed by atoms with Crippen molar-refractivity contribution in [2.75, 3.05) is 25.1 Å². The average Bonchev–Trinajstić information content (AvgIpc) is 2.75. The highest BCUT2D eigenvalue weighted by molar-refractivity contribution is 6.38. The minimum atomic E-state index is -0.132. The van der Waals surface area contributed by atoms with Crippen LogP contribution in [-0.4, -0.2) is 26.2 Å². The molecule has 6 heteroatoms. The zero-order chi connectivity index (χ0) is 15.1. The molecule has 0 saturated carbocycles. The molecule has 0 unspecified atom stereocenters. The summed E-state index contributed by atoms with van der Waals surface area (Å²) in [6, 6.07) is 1.86. The fourth-order valence-electron chi connectivity index (χ4n) is 2.27. The molecular formula is C14H19Cl2N3O. The van der Waals surface area contributed by atoms with Crippen molar-refractivity contribution in [3.05, 3.63) is 21.7 Å². The minimum Gasteiger partial charge on any atom is -0.493 e. The maximum atomic E-state index is 6.60. The monoisotopic (exact) mass is 315 g/mol. The van der Waals surface area contributed by atoms with E-state index in [2.05, 4.69) is 25.8 Å². The largest absolute Gasteiger partial charge is 0.493 e. The van der Waals surface area contributed by atoms with Crippen LogP contribution in [0, 0.1) is 0 Å². The Morgan fingerprint density at radius 2 is 2.00 bits per heavy atom. The van der Waals surface area contributed by atoms with Crippen LogP contribution in [0.2, 0.25) is 10.0 Å². The predicted octanol–water partition coefficient (Wildman–Crippen LogP) is 3.43. The molecule has 4 nitrogen and oxygen atoms in total. The fourth-order valence-corrected chi connectivity index (χ4v) is 3.07. The van der Waals surface area contributed by atoms with E-state index in [0.29, 0.717) is 40.5 Å². The minimum absolute atomic E-state index is 0.132. The summed E-state index contributed by atoms with van der Waals surface area (Å²) < 4.78 is 5.42. The van der Waals surface area contributed by atoms with Gasteiger partial charge in [0.1, 0.15) is 5.69 Å². The van der Waals surface area contributed by atoms with Crippen molar-refractivity contribution in [1.82, 2.24) is 0 Å². The maximum absolute atomic E-state index is 6.60. The van der Waals surface area contributed by atoms with E-state index in [9.17, 15) is 0 Å². The van der Waals surface area contributed by atoms with Crippen LogP contribution >= 0.6 is 23.2 Å². The van der Waals surface area contributed by atoms with Crippen LogP contribution in [0.15, 0.2) is 11.1 Å². The molecule has 2 rings (SSSR count). The SMILES string of the molecule is COc1c(Cl)cc(C(C)(C)C)c(Cl)c1N1CCN=C1N. The summed E-state index contributed by atoms with van der Waals surface area (Å²) >= 11 is 13.0. The molecule has 0 amide bonds. The van der Waals surface area contributed by atoms with Crippen molar-refractivity contribution in [3.63, 3.8) is 0 Å². The van der Waals surface area contributed by atoms with E-state index in [1.807, 2.05) is 11.0 Å². The number of hydrogen-bond acceptors (Lipinski definition) is 4. The molecule has 2 N–H and O–H groups in total. The summed E-state index contributed by atoms with van der Waals surface area (Å²) in [5, 5.41) is 1.13. The summed E-state index contributed by atoms with van der Waals surface area (Å²) in [6.45, 7) is 7.57. The van der Waals surface area contributed by atoms with Gasteiger partial charge in [0, 0.05) is 6.54 Å². The molecule has 0 aromatic heterocycles. The molecule has 0 fully saturated rings. The fraction of sp³-hybridized carbons (Fsp3) is 0.500. The summed E-state index contributed by atoms with van der Waals surface area (Å²) in [6.07, 6.45) is 0. The molecular weight excluding hydrogens is 297 g/mol. The zero-order valence-electron chi connectivity index (χ0n) is 12.1. The van der Waals surface area contributed by atoms with E-state index < -0.39 is 0 Å². The first kappa shape index (κ1) is 15.3. The first-order valence-corrected chi connectivity index (χ1v) is 7.17. The molecule has 0 atom stereocenters. The molecule has 110 valence electrons. The molecule has 1 heterocycles. The van der Waals surface area contributed by atoms with Gasteiger partial charge in [-0.05, 0) is 17.0 Å². The Morgan fingerprint density at radius 3 is 2.45 bits per heavy atom. The third kappa shape index (κ3) is 2.54. The molecule has 0 radical (unpaired) electrons. The second kappa shape index (κ2) is 5.34. The van der Waals surface area contributed by atoms with E-state index in [0.717, 1.165) is 5.56 Å². The quantitative estimate of drug-likeness (QED) is 0.909. The lowest BCUT2D eigenvalue weighted by atomic mass is 9.86. The number of ether oxygens (including phenoxy) is 1. The summed E-state index contributed by atoms with van der Waals surface area (Å²) in [7, 11) is 1.57. The van der Waals surface area contributed by atoms with Crippen molar-refractivity contribution in [3.8, 4) is 5.75 Å². The van der Waals surface area contributed by atoms with Crippen LogP contribution < -0.4 is 15.4 Å². The van der Waals surface area contributed by atoms with Gasteiger partial charge in [0.25, 0.3) is 0 Å². The number of rotatable bonds is 2. The molecule has 0 saturated heterocycles. The van der Waals surface area contributed by atoms with Crippen molar-refractivity contribution < 1.29 is 4.74 Å². The third-order valence-corrected chi connectivity index (χ3v) is 3.97. The average molecular weight is 316 g/mol. The normalized spacial score (nSPS) is 15.5. The first-order chi connectivity index (χ1) is 9.27. The number of nitrogens with zero attached hydrogens (tertiary/aromatic N) is 2. The van der Waals surface area contributed by atoms with Crippen LogP contribution in [-0.2, 0) is 5.41 Å². The van der Waals surface area contributed by atoms with Gasteiger partial charge in [-0.1, -0.05) is 44.0 Å². The number of hydrogen-bond donors (Lipinski definition) is 1. The van der Waals surface area contributed by atoms with Gasteiger partial charge >= 0.3 is 0 Å². The summed E-state index contributed by atoms with van der Waals surface area (Å²) in [5.74, 6) is 0.969. The number of halogens is 2. The second-order valence-electron chi connectivity index (χ2n) is 5.74. The highest BCUT2D eigenvalue weighted by atomic mass is 35.5. The van der Waals surface area contributed by atoms with Gasteiger partial charge in [0.05, 0.1) is 23.7 Å². The van der Waals surface area contributed by atoms with Gasteiger partial charge < -0.3 is 15.4 Å². The van der Waals surface area contributed by atoms with Crippen LogP contribution in [0.5, 0.6) is 5.75 Å². The first-order valence-electron chi connectivity index (χ1n) is 6.41. The number of anilines is 1.